The number of aliphatic hydroxyl groups is 1. The van der Waals surface area contributed by atoms with Crippen LogP contribution in [0.5, 0.6) is 0 Å². The standard InChI is InChI=1S/C10H18O2/c1-7-6-12-5-4-9(7)10(11)8-2-3-8/h7-11H,2-6H2,1H3. The molecule has 1 heterocycles. The Hall–Kier alpha value is -0.0800. The fourth-order valence-electron chi connectivity index (χ4n) is 2.19. The fraction of sp³-hybridized carbons (Fsp3) is 1.00. The van der Waals surface area contributed by atoms with Crippen LogP contribution >= 0.6 is 0 Å². The van der Waals surface area contributed by atoms with Crippen LogP contribution in [0.3, 0.4) is 0 Å². The molecule has 0 spiro atoms. The number of ether oxygens (including phenoxy) is 1. The Kier molecular flexibility index (Phi) is 2.37. The van der Waals surface area contributed by atoms with E-state index in [0.29, 0.717) is 17.8 Å². The third kappa shape index (κ3) is 1.64. The van der Waals surface area contributed by atoms with E-state index in [9.17, 15) is 5.11 Å². The van der Waals surface area contributed by atoms with Crippen molar-refractivity contribution in [1.82, 2.24) is 0 Å². The Morgan fingerprint density at radius 1 is 1.33 bits per heavy atom. The highest BCUT2D eigenvalue weighted by molar-refractivity contribution is 4.88. The highest BCUT2D eigenvalue weighted by atomic mass is 16.5. The van der Waals surface area contributed by atoms with Gasteiger partial charge in [0, 0.05) is 13.2 Å². The molecule has 70 valence electrons. The van der Waals surface area contributed by atoms with Gasteiger partial charge in [-0.15, -0.1) is 0 Å². The lowest BCUT2D eigenvalue weighted by Gasteiger charge is -2.32. The van der Waals surface area contributed by atoms with Gasteiger partial charge in [0.25, 0.3) is 0 Å². The lowest BCUT2D eigenvalue weighted by Crippen LogP contribution is -2.35. The normalized spacial score (nSPS) is 39.5. The smallest absolute Gasteiger partial charge is 0.0600 e. The summed E-state index contributed by atoms with van der Waals surface area (Å²) in [7, 11) is 0. The number of hydrogen-bond acceptors (Lipinski definition) is 2. The predicted octanol–water partition coefficient (Wildman–Crippen LogP) is 1.43. The van der Waals surface area contributed by atoms with E-state index in [-0.39, 0.29) is 6.10 Å². The first-order valence-corrected chi connectivity index (χ1v) is 5.05. The van der Waals surface area contributed by atoms with E-state index in [0.717, 1.165) is 19.6 Å². The van der Waals surface area contributed by atoms with Gasteiger partial charge in [0.15, 0.2) is 0 Å². The second kappa shape index (κ2) is 3.35. The van der Waals surface area contributed by atoms with Crippen LogP contribution < -0.4 is 0 Å². The van der Waals surface area contributed by atoms with Crippen molar-refractivity contribution in [1.29, 1.82) is 0 Å². The molecule has 0 amide bonds. The molecule has 3 atom stereocenters. The summed E-state index contributed by atoms with van der Waals surface area (Å²) in [6.45, 7) is 3.88. The predicted molar refractivity (Wildman–Crippen MR) is 46.8 cm³/mol. The molecule has 3 unspecified atom stereocenters. The van der Waals surface area contributed by atoms with Crippen molar-refractivity contribution >= 4 is 0 Å². The van der Waals surface area contributed by atoms with Crippen LogP contribution in [-0.2, 0) is 4.74 Å². The maximum Gasteiger partial charge on any atom is 0.0600 e. The summed E-state index contributed by atoms with van der Waals surface area (Å²) in [5, 5.41) is 9.93. The van der Waals surface area contributed by atoms with Crippen molar-refractivity contribution in [2.45, 2.75) is 32.3 Å². The SMILES string of the molecule is CC1COCCC1C(O)C1CC1. The van der Waals surface area contributed by atoms with Crippen LogP contribution in [0.25, 0.3) is 0 Å². The monoisotopic (exact) mass is 170 g/mol. The molecule has 0 aromatic heterocycles. The number of hydrogen-bond donors (Lipinski definition) is 1. The van der Waals surface area contributed by atoms with E-state index in [1.807, 2.05) is 0 Å². The van der Waals surface area contributed by atoms with Gasteiger partial charge in [0.05, 0.1) is 6.10 Å². The Morgan fingerprint density at radius 3 is 2.67 bits per heavy atom. The Morgan fingerprint density at radius 2 is 2.08 bits per heavy atom. The second-order valence-corrected chi connectivity index (χ2v) is 4.33. The molecule has 1 aliphatic heterocycles. The Labute approximate surface area is 73.9 Å². The van der Waals surface area contributed by atoms with Crippen LogP contribution in [0, 0.1) is 17.8 Å². The molecule has 12 heavy (non-hydrogen) atoms. The lowest BCUT2D eigenvalue weighted by atomic mass is 9.83. The molecule has 1 aliphatic carbocycles. The first kappa shape index (κ1) is 8.52. The van der Waals surface area contributed by atoms with Crippen LogP contribution in [0.2, 0.25) is 0 Å². The molecule has 0 aromatic carbocycles. The molecule has 0 radical (unpaired) electrons. The molecule has 2 fully saturated rings. The molecule has 2 rings (SSSR count). The molecule has 2 nitrogen and oxygen atoms in total. The van der Waals surface area contributed by atoms with Gasteiger partial charge in [-0.2, -0.15) is 0 Å². The zero-order valence-electron chi connectivity index (χ0n) is 7.70. The van der Waals surface area contributed by atoms with E-state index in [4.69, 9.17) is 4.74 Å². The first-order valence-electron chi connectivity index (χ1n) is 5.05. The van der Waals surface area contributed by atoms with E-state index >= 15 is 0 Å². The average molecular weight is 170 g/mol. The number of rotatable bonds is 2. The van der Waals surface area contributed by atoms with Crippen LogP contribution in [0.1, 0.15) is 26.2 Å². The summed E-state index contributed by atoms with van der Waals surface area (Å²) in [6.07, 6.45) is 3.50. The van der Waals surface area contributed by atoms with Gasteiger partial charge in [-0.25, -0.2) is 0 Å². The largest absolute Gasteiger partial charge is 0.393 e. The first-order chi connectivity index (χ1) is 5.79. The third-order valence-electron chi connectivity index (χ3n) is 3.25. The topological polar surface area (TPSA) is 29.5 Å². The maximum atomic E-state index is 9.93. The van der Waals surface area contributed by atoms with Gasteiger partial charge < -0.3 is 9.84 Å². The lowest BCUT2D eigenvalue weighted by molar-refractivity contribution is -0.0370. The average Bonchev–Trinajstić information content (AvgIpc) is 2.86. The molecule has 0 bridgehead atoms. The molecule has 0 aromatic rings. The molecular weight excluding hydrogens is 152 g/mol. The minimum Gasteiger partial charge on any atom is -0.393 e. The van der Waals surface area contributed by atoms with E-state index in [1.54, 1.807) is 0 Å². The van der Waals surface area contributed by atoms with Crippen LogP contribution in [0.4, 0.5) is 0 Å². The highest BCUT2D eigenvalue weighted by Crippen LogP contribution is 2.39. The molecule has 1 N–H and O–H groups in total. The van der Waals surface area contributed by atoms with Gasteiger partial charge in [0.1, 0.15) is 0 Å². The molecule has 1 saturated carbocycles. The Balaban J connectivity index is 1.90. The van der Waals surface area contributed by atoms with Crippen LogP contribution in [-0.4, -0.2) is 24.4 Å². The maximum absolute atomic E-state index is 9.93. The minimum absolute atomic E-state index is 0.0381. The highest BCUT2D eigenvalue weighted by Gasteiger charge is 2.38. The molecular formula is C10H18O2. The van der Waals surface area contributed by atoms with Gasteiger partial charge >= 0.3 is 0 Å². The summed E-state index contributed by atoms with van der Waals surface area (Å²) in [5.74, 6) is 1.68. The van der Waals surface area contributed by atoms with Crippen molar-refractivity contribution in [2.24, 2.45) is 17.8 Å². The molecule has 2 heteroatoms. The summed E-state index contributed by atoms with van der Waals surface area (Å²) in [6, 6.07) is 0. The van der Waals surface area contributed by atoms with Crippen molar-refractivity contribution in [2.75, 3.05) is 13.2 Å². The Bertz CT molecular complexity index is 154. The summed E-state index contributed by atoms with van der Waals surface area (Å²) >= 11 is 0. The van der Waals surface area contributed by atoms with Gasteiger partial charge in [-0.1, -0.05) is 6.92 Å². The van der Waals surface area contributed by atoms with Gasteiger partial charge in [-0.05, 0) is 37.0 Å². The zero-order valence-corrected chi connectivity index (χ0v) is 7.70. The van der Waals surface area contributed by atoms with Gasteiger partial charge in [0.2, 0.25) is 0 Å². The number of aliphatic hydroxyl groups excluding tert-OH is 1. The van der Waals surface area contributed by atoms with Crippen molar-refractivity contribution in [3.63, 3.8) is 0 Å². The molecule has 1 saturated heterocycles. The fourth-order valence-corrected chi connectivity index (χ4v) is 2.19. The zero-order chi connectivity index (χ0) is 8.55. The van der Waals surface area contributed by atoms with E-state index in [1.165, 1.54) is 12.8 Å². The molecule has 2 aliphatic rings. The quantitative estimate of drug-likeness (QED) is 0.679. The minimum atomic E-state index is -0.0381. The van der Waals surface area contributed by atoms with E-state index < -0.39 is 0 Å². The van der Waals surface area contributed by atoms with Gasteiger partial charge in [-0.3, -0.25) is 0 Å². The summed E-state index contributed by atoms with van der Waals surface area (Å²) in [4.78, 5) is 0. The van der Waals surface area contributed by atoms with Crippen molar-refractivity contribution < 1.29 is 9.84 Å². The van der Waals surface area contributed by atoms with Crippen LogP contribution in [0.15, 0.2) is 0 Å². The second-order valence-electron chi connectivity index (χ2n) is 4.33. The van der Waals surface area contributed by atoms with E-state index in [2.05, 4.69) is 6.92 Å². The third-order valence-corrected chi connectivity index (χ3v) is 3.25. The van der Waals surface area contributed by atoms with Crippen molar-refractivity contribution in [3.8, 4) is 0 Å². The van der Waals surface area contributed by atoms with Crippen molar-refractivity contribution in [3.05, 3.63) is 0 Å². The summed E-state index contributed by atoms with van der Waals surface area (Å²) in [5.41, 5.74) is 0. The summed E-state index contributed by atoms with van der Waals surface area (Å²) < 4.78 is 5.35.